The smallest absolute Gasteiger partial charge is 0.257 e. The molecule has 0 bridgehead atoms. The van der Waals surface area contributed by atoms with Crippen LogP contribution in [0.3, 0.4) is 0 Å². The van der Waals surface area contributed by atoms with Gasteiger partial charge in [-0.25, -0.2) is 0 Å². The zero-order valence-electron chi connectivity index (χ0n) is 11.5. The maximum Gasteiger partial charge on any atom is 0.257 e. The molecule has 8 heteroatoms. The summed E-state index contributed by atoms with van der Waals surface area (Å²) in [5, 5.41) is 26.2. The molecular weight excluding hydrogens is 310 g/mol. The molecule has 22 heavy (non-hydrogen) atoms. The summed E-state index contributed by atoms with van der Waals surface area (Å²) < 4.78 is 5.23. The summed E-state index contributed by atoms with van der Waals surface area (Å²) in [6.07, 6.45) is 1.48. The molecule has 0 spiro atoms. The van der Waals surface area contributed by atoms with E-state index in [1.807, 2.05) is 0 Å². The van der Waals surface area contributed by atoms with Gasteiger partial charge in [-0.15, -0.1) is 0 Å². The lowest BCUT2D eigenvalue weighted by Crippen LogP contribution is -2.40. The third kappa shape index (κ3) is 2.60. The average Bonchev–Trinajstić information content (AvgIpc) is 3.00. The molecule has 0 unspecified atom stereocenters. The average molecular weight is 324 g/mol. The van der Waals surface area contributed by atoms with Crippen molar-refractivity contribution in [1.29, 1.82) is 0 Å². The fourth-order valence-corrected chi connectivity index (χ4v) is 2.50. The van der Waals surface area contributed by atoms with Gasteiger partial charge in [0.25, 0.3) is 5.91 Å². The van der Waals surface area contributed by atoms with E-state index in [0.717, 1.165) is 6.07 Å². The number of nitrogens with zero attached hydrogens (tertiary/aromatic N) is 2. The number of carbonyl (C=O) groups excluding carboxylic acids is 1. The first-order chi connectivity index (χ1) is 10.6. The van der Waals surface area contributed by atoms with Gasteiger partial charge in [-0.1, -0.05) is 11.6 Å². The lowest BCUT2D eigenvalue weighted by atomic mass is 10.1. The summed E-state index contributed by atoms with van der Waals surface area (Å²) >= 11 is 5.87. The number of morpholine rings is 1. The predicted molar refractivity (Wildman–Crippen MR) is 79.1 cm³/mol. The number of halogens is 1. The lowest BCUT2D eigenvalue weighted by Gasteiger charge is -2.26. The predicted octanol–water partition coefficient (Wildman–Crippen LogP) is 1.61. The van der Waals surface area contributed by atoms with Gasteiger partial charge in [0.15, 0.2) is 0 Å². The van der Waals surface area contributed by atoms with Gasteiger partial charge < -0.3 is 19.8 Å². The number of hydrogen-bond donors (Lipinski definition) is 3. The maximum atomic E-state index is 12.6. The van der Waals surface area contributed by atoms with Crippen LogP contribution >= 0.6 is 11.6 Å². The normalized spacial score (nSPS) is 15.0. The van der Waals surface area contributed by atoms with Gasteiger partial charge in [0.2, 0.25) is 0 Å². The molecule has 3 rings (SSSR count). The number of aromatic hydroxyl groups is 2. The van der Waals surface area contributed by atoms with Crippen molar-refractivity contribution in [3.8, 4) is 22.8 Å². The second kappa shape index (κ2) is 5.86. The largest absolute Gasteiger partial charge is 0.507 e. The van der Waals surface area contributed by atoms with E-state index in [1.54, 1.807) is 4.90 Å². The molecule has 3 N–H and O–H groups in total. The highest BCUT2D eigenvalue weighted by Gasteiger charge is 2.25. The summed E-state index contributed by atoms with van der Waals surface area (Å²) in [6, 6.07) is 2.49. The summed E-state index contributed by atoms with van der Waals surface area (Å²) in [6.45, 7) is 2.00. The Morgan fingerprint density at radius 1 is 1.27 bits per heavy atom. The summed E-state index contributed by atoms with van der Waals surface area (Å²) in [4.78, 5) is 14.2. The molecule has 2 heterocycles. The Bertz CT molecular complexity index is 710. The van der Waals surface area contributed by atoms with E-state index in [9.17, 15) is 15.0 Å². The number of carbonyl (C=O) groups is 1. The number of H-pyrrole nitrogens is 1. The van der Waals surface area contributed by atoms with Gasteiger partial charge in [-0.2, -0.15) is 5.10 Å². The van der Waals surface area contributed by atoms with Crippen LogP contribution in [0, 0.1) is 0 Å². The van der Waals surface area contributed by atoms with Crippen LogP contribution in [0.2, 0.25) is 5.02 Å². The third-order valence-corrected chi connectivity index (χ3v) is 3.79. The van der Waals surface area contributed by atoms with E-state index in [0.29, 0.717) is 31.9 Å². The molecule has 1 aliphatic heterocycles. The Morgan fingerprint density at radius 3 is 2.73 bits per heavy atom. The van der Waals surface area contributed by atoms with Crippen LogP contribution in [0.1, 0.15) is 10.4 Å². The molecule has 1 saturated heterocycles. The van der Waals surface area contributed by atoms with Gasteiger partial charge >= 0.3 is 0 Å². The summed E-state index contributed by atoms with van der Waals surface area (Å²) in [5.41, 5.74) is 0.899. The Kier molecular flexibility index (Phi) is 3.91. The van der Waals surface area contributed by atoms with Crippen molar-refractivity contribution >= 4 is 17.5 Å². The molecule has 7 nitrogen and oxygen atoms in total. The Morgan fingerprint density at radius 2 is 2.00 bits per heavy atom. The van der Waals surface area contributed by atoms with Gasteiger partial charge in [0, 0.05) is 30.9 Å². The number of aromatic amines is 1. The fourth-order valence-electron chi connectivity index (χ4n) is 2.34. The highest BCUT2D eigenvalue weighted by Crippen LogP contribution is 2.37. The zero-order chi connectivity index (χ0) is 15.7. The molecule has 1 aromatic carbocycles. The number of rotatable bonds is 2. The Balaban J connectivity index is 1.98. The summed E-state index contributed by atoms with van der Waals surface area (Å²) in [7, 11) is 0. The Labute approximate surface area is 131 Å². The number of nitrogens with one attached hydrogen (secondary N) is 1. The molecule has 116 valence electrons. The molecule has 1 aromatic heterocycles. The fraction of sp³-hybridized carbons (Fsp3) is 0.286. The van der Waals surface area contributed by atoms with Crippen molar-refractivity contribution < 1.29 is 19.7 Å². The van der Waals surface area contributed by atoms with Gasteiger partial charge in [-0.3, -0.25) is 9.89 Å². The molecule has 2 aromatic rings. The lowest BCUT2D eigenvalue weighted by molar-refractivity contribution is 0.0303. The van der Waals surface area contributed by atoms with Crippen LogP contribution in [0.15, 0.2) is 18.3 Å². The molecule has 0 atom stereocenters. The van der Waals surface area contributed by atoms with E-state index in [-0.39, 0.29) is 33.7 Å². The number of amides is 1. The molecule has 0 radical (unpaired) electrons. The highest BCUT2D eigenvalue weighted by atomic mass is 35.5. The minimum Gasteiger partial charge on any atom is -0.507 e. The number of hydrogen-bond acceptors (Lipinski definition) is 5. The van der Waals surface area contributed by atoms with Crippen molar-refractivity contribution in [2.75, 3.05) is 26.3 Å². The molecule has 1 amide bonds. The number of benzene rings is 1. The quantitative estimate of drug-likeness (QED) is 0.780. The molecule has 1 aliphatic rings. The minimum absolute atomic E-state index is 0.0700. The standard InChI is InChI=1S/C14H14ClN3O4/c15-10-5-8(11(19)6-12(10)20)13-9(7-16-17-13)14(21)18-1-3-22-4-2-18/h5-7,19-20H,1-4H2,(H,16,17). The second-order valence-corrected chi connectivity index (χ2v) is 5.28. The maximum absolute atomic E-state index is 12.6. The summed E-state index contributed by atoms with van der Waals surface area (Å²) in [5.74, 6) is -0.639. The number of phenols is 2. The van der Waals surface area contributed by atoms with E-state index in [2.05, 4.69) is 10.2 Å². The number of phenolic OH excluding ortho intramolecular Hbond substituents is 2. The van der Waals surface area contributed by atoms with Gasteiger partial charge in [0.05, 0.1) is 23.8 Å². The van der Waals surface area contributed by atoms with Crippen molar-refractivity contribution in [3.63, 3.8) is 0 Å². The number of ether oxygens (including phenoxy) is 1. The molecule has 0 saturated carbocycles. The van der Waals surface area contributed by atoms with Crippen LogP contribution in [0.25, 0.3) is 11.3 Å². The van der Waals surface area contributed by atoms with Crippen LogP contribution in [0.4, 0.5) is 0 Å². The Hall–Kier alpha value is -2.25. The molecule has 0 aliphatic carbocycles. The van der Waals surface area contributed by atoms with Crippen LogP contribution in [-0.2, 0) is 4.74 Å². The zero-order valence-corrected chi connectivity index (χ0v) is 12.3. The highest BCUT2D eigenvalue weighted by molar-refractivity contribution is 6.32. The first kappa shape index (κ1) is 14.7. The van der Waals surface area contributed by atoms with E-state index in [1.165, 1.54) is 12.3 Å². The monoisotopic (exact) mass is 323 g/mol. The van der Waals surface area contributed by atoms with Crippen molar-refractivity contribution in [2.45, 2.75) is 0 Å². The minimum atomic E-state index is -0.237. The van der Waals surface area contributed by atoms with Gasteiger partial charge in [0.1, 0.15) is 17.2 Å². The van der Waals surface area contributed by atoms with Crippen LogP contribution in [0.5, 0.6) is 11.5 Å². The van der Waals surface area contributed by atoms with Crippen LogP contribution in [-0.4, -0.2) is 57.5 Å². The first-order valence-electron chi connectivity index (χ1n) is 6.70. The van der Waals surface area contributed by atoms with Crippen LogP contribution < -0.4 is 0 Å². The van der Waals surface area contributed by atoms with Crippen molar-refractivity contribution in [1.82, 2.24) is 15.1 Å². The SMILES string of the molecule is O=C(c1c[nH]nc1-c1cc(Cl)c(O)cc1O)N1CCOCC1. The van der Waals surface area contributed by atoms with E-state index >= 15 is 0 Å². The van der Waals surface area contributed by atoms with Crippen molar-refractivity contribution in [2.24, 2.45) is 0 Å². The molecule has 1 fully saturated rings. The van der Waals surface area contributed by atoms with E-state index in [4.69, 9.17) is 16.3 Å². The van der Waals surface area contributed by atoms with Crippen molar-refractivity contribution in [3.05, 3.63) is 28.9 Å². The second-order valence-electron chi connectivity index (χ2n) is 4.87. The topological polar surface area (TPSA) is 98.7 Å². The number of aromatic nitrogens is 2. The molecular formula is C14H14ClN3O4. The first-order valence-corrected chi connectivity index (χ1v) is 7.08. The third-order valence-electron chi connectivity index (χ3n) is 3.49. The van der Waals surface area contributed by atoms with E-state index < -0.39 is 0 Å². The van der Waals surface area contributed by atoms with Gasteiger partial charge in [-0.05, 0) is 6.07 Å².